The van der Waals surface area contributed by atoms with Gasteiger partial charge >= 0.3 is 0 Å². The van der Waals surface area contributed by atoms with Crippen LogP contribution in [0.15, 0.2) is 59.0 Å². The smallest absolute Gasteiger partial charge is 0.227 e. The van der Waals surface area contributed by atoms with Crippen LogP contribution in [-0.2, 0) is 0 Å². The van der Waals surface area contributed by atoms with E-state index in [2.05, 4.69) is 24.0 Å². The highest BCUT2D eigenvalue weighted by Crippen LogP contribution is 2.33. The molecule has 21 heavy (non-hydrogen) atoms. The Bertz CT molecular complexity index is 952. The van der Waals surface area contributed by atoms with E-state index in [-0.39, 0.29) is 0 Å². The number of aryl methyl sites for hydroxylation is 1. The molecular weight excluding hydrogens is 260 g/mol. The Kier molecular flexibility index (Phi) is 2.48. The van der Waals surface area contributed by atoms with Crippen LogP contribution in [0.3, 0.4) is 0 Å². The Balaban J connectivity index is 2.02. The zero-order valence-electron chi connectivity index (χ0n) is 11.6. The van der Waals surface area contributed by atoms with Crippen LogP contribution in [-0.4, -0.2) is 4.98 Å². The van der Waals surface area contributed by atoms with E-state index in [9.17, 15) is 0 Å². The minimum atomic E-state index is 0.626. The molecule has 3 nitrogen and oxygen atoms in total. The van der Waals surface area contributed by atoms with Crippen LogP contribution in [0.2, 0.25) is 0 Å². The molecule has 2 N–H and O–H groups in total. The topological polar surface area (TPSA) is 52.0 Å². The molecule has 0 saturated carbocycles. The first kappa shape index (κ1) is 12.0. The summed E-state index contributed by atoms with van der Waals surface area (Å²) in [4.78, 5) is 4.58. The lowest BCUT2D eigenvalue weighted by atomic mass is 10.1. The second-order valence-electron chi connectivity index (χ2n) is 5.24. The Labute approximate surface area is 122 Å². The van der Waals surface area contributed by atoms with Crippen LogP contribution in [0, 0.1) is 6.92 Å². The molecule has 0 aliphatic carbocycles. The molecular formula is C18H14N2O. The van der Waals surface area contributed by atoms with Gasteiger partial charge in [0.15, 0.2) is 5.58 Å². The van der Waals surface area contributed by atoms with Gasteiger partial charge in [0.1, 0.15) is 5.52 Å². The van der Waals surface area contributed by atoms with Crippen LogP contribution in [0.4, 0.5) is 5.69 Å². The fraction of sp³-hybridized carbons (Fsp3) is 0.0556. The van der Waals surface area contributed by atoms with Crippen LogP contribution in [0.5, 0.6) is 0 Å². The average Bonchev–Trinajstić information content (AvgIpc) is 2.92. The summed E-state index contributed by atoms with van der Waals surface area (Å²) in [6.07, 6.45) is 0. The number of aromatic nitrogens is 1. The Morgan fingerprint density at radius 3 is 2.43 bits per heavy atom. The first-order valence-electron chi connectivity index (χ1n) is 6.87. The molecule has 0 fully saturated rings. The lowest BCUT2D eigenvalue weighted by molar-refractivity contribution is 0.623. The Morgan fingerprint density at radius 2 is 1.67 bits per heavy atom. The van der Waals surface area contributed by atoms with Crippen molar-refractivity contribution in [2.75, 3.05) is 5.73 Å². The summed E-state index contributed by atoms with van der Waals surface area (Å²) in [5.74, 6) is 0.626. The maximum atomic E-state index is 6.11. The molecule has 0 saturated heterocycles. The van der Waals surface area contributed by atoms with Crippen molar-refractivity contribution in [1.29, 1.82) is 0 Å². The highest BCUT2D eigenvalue weighted by Gasteiger charge is 2.12. The summed E-state index contributed by atoms with van der Waals surface area (Å²) in [5, 5.41) is 2.00. The number of oxazole rings is 1. The van der Waals surface area contributed by atoms with E-state index in [1.165, 1.54) is 5.56 Å². The molecule has 3 heteroatoms. The van der Waals surface area contributed by atoms with Gasteiger partial charge < -0.3 is 10.2 Å². The SMILES string of the molecule is Cc1ccc(-c2nc3cc(N)c4ccccc4c3o2)cc1. The van der Waals surface area contributed by atoms with Gasteiger partial charge in [0.05, 0.1) is 0 Å². The fourth-order valence-electron chi connectivity index (χ4n) is 2.60. The van der Waals surface area contributed by atoms with Gasteiger partial charge in [-0.2, -0.15) is 0 Å². The minimum absolute atomic E-state index is 0.626. The number of nitrogens with two attached hydrogens (primary N) is 1. The molecule has 1 heterocycles. The molecule has 0 aliphatic rings. The normalized spacial score (nSPS) is 11.3. The van der Waals surface area contributed by atoms with Gasteiger partial charge in [-0.3, -0.25) is 0 Å². The zero-order chi connectivity index (χ0) is 14.4. The van der Waals surface area contributed by atoms with E-state index in [0.717, 1.165) is 33.1 Å². The predicted molar refractivity (Wildman–Crippen MR) is 86.1 cm³/mol. The monoisotopic (exact) mass is 274 g/mol. The summed E-state index contributed by atoms with van der Waals surface area (Å²) < 4.78 is 6.00. The first-order chi connectivity index (χ1) is 10.2. The summed E-state index contributed by atoms with van der Waals surface area (Å²) >= 11 is 0. The van der Waals surface area contributed by atoms with Crippen LogP contribution < -0.4 is 5.73 Å². The van der Waals surface area contributed by atoms with Crippen molar-refractivity contribution in [2.45, 2.75) is 6.92 Å². The number of nitrogens with zero attached hydrogens (tertiary/aromatic N) is 1. The molecule has 0 atom stereocenters. The standard InChI is InChI=1S/C18H14N2O/c1-11-6-8-12(9-7-11)18-20-16-10-15(19)13-4-2-3-5-14(13)17(16)21-18/h2-10H,19H2,1H3. The third kappa shape index (κ3) is 1.86. The summed E-state index contributed by atoms with van der Waals surface area (Å²) in [6.45, 7) is 2.06. The summed E-state index contributed by atoms with van der Waals surface area (Å²) in [5.41, 5.74) is 10.6. The van der Waals surface area contributed by atoms with Gasteiger partial charge in [0.2, 0.25) is 5.89 Å². The van der Waals surface area contributed by atoms with Gasteiger partial charge in [-0.05, 0) is 25.1 Å². The molecule has 102 valence electrons. The third-order valence-corrected chi connectivity index (χ3v) is 3.73. The Hall–Kier alpha value is -2.81. The number of fused-ring (bicyclic) bond motifs is 3. The Morgan fingerprint density at radius 1 is 0.952 bits per heavy atom. The molecule has 0 bridgehead atoms. The molecule has 3 aromatic carbocycles. The van der Waals surface area contributed by atoms with E-state index in [0.29, 0.717) is 5.89 Å². The third-order valence-electron chi connectivity index (χ3n) is 3.73. The lowest BCUT2D eigenvalue weighted by Gasteiger charge is -2.01. The molecule has 0 radical (unpaired) electrons. The van der Waals surface area contributed by atoms with Crippen molar-refractivity contribution in [3.05, 3.63) is 60.2 Å². The number of rotatable bonds is 1. The van der Waals surface area contributed by atoms with Crippen molar-refractivity contribution >= 4 is 27.6 Å². The van der Waals surface area contributed by atoms with Crippen molar-refractivity contribution in [1.82, 2.24) is 4.98 Å². The lowest BCUT2D eigenvalue weighted by Crippen LogP contribution is -1.87. The molecule has 0 amide bonds. The van der Waals surface area contributed by atoms with Crippen LogP contribution >= 0.6 is 0 Å². The van der Waals surface area contributed by atoms with Gasteiger partial charge in [0.25, 0.3) is 0 Å². The highest BCUT2D eigenvalue weighted by atomic mass is 16.3. The van der Waals surface area contributed by atoms with Gasteiger partial charge in [-0.25, -0.2) is 4.98 Å². The molecule has 0 spiro atoms. The number of benzene rings is 3. The van der Waals surface area contributed by atoms with Gasteiger partial charge in [-0.15, -0.1) is 0 Å². The second-order valence-corrected chi connectivity index (χ2v) is 5.24. The molecule has 4 aromatic rings. The average molecular weight is 274 g/mol. The van der Waals surface area contributed by atoms with E-state index in [1.807, 2.05) is 42.5 Å². The molecule has 0 unspecified atom stereocenters. The first-order valence-corrected chi connectivity index (χ1v) is 6.87. The number of anilines is 1. The van der Waals surface area contributed by atoms with Crippen molar-refractivity contribution in [3.63, 3.8) is 0 Å². The van der Waals surface area contributed by atoms with E-state index in [1.54, 1.807) is 0 Å². The highest BCUT2D eigenvalue weighted by molar-refractivity contribution is 6.09. The quantitative estimate of drug-likeness (QED) is 0.518. The van der Waals surface area contributed by atoms with E-state index in [4.69, 9.17) is 10.2 Å². The fourth-order valence-corrected chi connectivity index (χ4v) is 2.60. The maximum absolute atomic E-state index is 6.11. The maximum Gasteiger partial charge on any atom is 0.227 e. The van der Waals surface area contributed by atoms with Gasteiger partial charge in [-0.1, -0.05) is 42.0 Å². The largest absolute Gasteiger partial charge is 0.435 e. The summed E-state index contributed by atoms with van der Waals surface area (Å²) in [6, 6.07) is 18.0. The molecule has 4 rings (SSSR count). The van der Waals surface area contributed by atoms with E-state index >= 15 is 0 Å². The van der Waals surface area contributed by atoms with Crippen molar-refractivity contribution < 1.29 is 4.42 Å². The predicted octanol–water partition coefficient (Wildman–Crippen LogP) is 4.54. The zero-order valence-corrected chi connectivity index (χ0v) is 11.6. The molecule has 1 aromatic heterocycles. The van der Waals surface area contributed by atoms with Crippen LogP contribution in [0.1, 0.15) is 5.56 Å². The summed E-state index contributed by atoms with van der Waals surface area (Å²) in [7, 11) is 0. The van der Waals surface area contributed by atoms with E-state index < -0.39 is 0 Å². The second kappa shape index (κ2) is 4.35. The van der Waals surface area contributed by atoms with Crippen molar-refractivity contribution in [3.8, 4) is 11.5 Å². The van der Waals surface area contributed by atoms with Gasteiger partial charge in [0, 0.05) is 22.0 Å². The minimum Gasteiger partial charge on any atom is -0.435 e. The molecule has 0 aliphatic heterocycles. The number of hydrogen-bond acceptors (Lipinski definition) is 3. The van der Waals surface area contributed by atoms with Crippen molar-refractivity contribution in [2.24, 2.45) is 0 Å². The number of nitrogen functional groups attached to an aromatic ring is 1. The number of hydrogen-bond donors (Lipinski definition) is 1. The van der Waals surface area contributed by atoms with Crippen LogP contribution in [0.25, 0.3) is 33.3 Å².